The lowest BCUT2D eigenvalue weighted by Crippen LogP contribution is -2.02. The van der Waals surface area contributed by atoms with E-state index in [0.29, 0.717) is 16.8 Å². The van der Waals surface area contributed by atoms with Crippen molar-refractivity contribution in [2.24, 2.45) is 0 Å². The molecule has 0 aliphatic carbocycles. The van der Waals surface area contributed by atoms with Gasteiger partial charge in [-0.05, 0) is 15.9 Å². The van der Waals surface area contributed by atoms with Crippen LogP contribution in [0.3, 0.4) is 0 Å². The number of rotatable bonds is 3. The van der Waals surface area contributed by atoms with Gasteiger partial charge in [0.1, 0.15) is 12.0 Å². The fourth-order valence-electron chi connectivity index (χ4n) is 0.792. The predicted octanol–water partition coefficient (Wildman–Crippen LogP) is 1.80. The summed E-state index contributed by atoms with van der Waals surface area (Å²) in [6.45, 7) is 0.323. The van der Waals surface area contributed by atoms with Crippen LogP contribution in [0, 0.1) is 22.5 Å². The Morgan fingerprint density at radius 3 is 3.00 bits per heavy atom. The fraction of sp³-hybridized carbons (Fsp3) is 0.125. The lowest BCUT2D eigenvalue weighted by atomic mass is 10.4. The molecule has 1 N–H and O–H groups in total. The van der Waals surface area contributed by atoms with Crippen LogP contribution in [0.25, 0.3) is 0 Å². The highest BCUT2D eigenvalue weighted by Crippen LogP contribution is 2.23. The zero-order chi connectivity index (χ0) is 10.6. The Bertz CT molecular complexity index is 400. The molecule has 0 unspecified atom stereocenters. The maximum Gasteiger partial charge on any atom is 0.288 e. The van der Waals surface area contributed by atoms with Gasteiger partial charge in [0.15, 0.2) is 0 Å². The molecule has 0 spiro atoms. The number of hydrogen-bond acceptors (Lipinski definition) is 4. The van der Waals surface area contributed by atoms with Crippen LogP contribution in [-0.2, 0) is 0 Å². The number of terminal acetylenes is 1. The minimum atomic E-state index is -0.511. The van der Waals surface area contributed by atoms with Crippen LogP contribution in [0.15, 0.2) is 16.7 Å². The van der Waals surface area contributed by atoms with Crippen molar-refractivity contribution in [1.82, 2.24) is 4.98 Å². The molecule has 0 amide bonds. The zero-order valence-electron chi connectivity index (χ0n) is 7.03. The molecule has 0 saturated carbocycles. The summed E-state index contributed by atoms with van der Waals surface area (Å²) in [7, 11) is 0. The molecule has 14 heavy (non-hydrogen) atoms. The molecule has 0 aliphatic heterocycles. The molecule has 1 heterocycles. The first-order chi connectivity index (χ1) is 6.65. The largest absolute Gasteiger partial charge is 0.358 e. The molecule has 1 rings (SSSR count). The van der Waals surface area contributed by atoms with E-state index in [2.05, 4.69) is 32.2 Å². The van der Waals surface area contributed by atoms with E-state index in [0.717, 1.165) is 0 Å². The monoisotopic (exact) mass is 255 g/mol. The molecule has 0 bridgehead atoms. The molecular formula is C8H6BrN3O2. The van der Waals surface area contributed by atoms with Gasteiger partial charge >= 0.3 is 0 Å². The molecule has 0 atom stereocenters. The summed E-state index contributed by atoms with van der Waals surface area (Å²) >= 11 is 3.15. The molecule has 1 aromatic rings. The van der Waals surface area contributed by atoms with E-state index in [4.69, 9.17) is 6.42 Å². The highest BCUT2D eigenvalue weighted by Gasteiger charge is 2.09. The van der Waals surface area contributed by atoms with E-state index in [9.17, 15) is 10.1 Å². The van der Waals surface area contributed by atoms with Crippen molar-refractivity contribution in [2.75, 3.05) is 11.9 Å². The first-order valence-corrected chi connectivity index (χ1v) is 4.41. The zero-order valence-corrected chi connectivity index (χ0v) is 8.61. The predicted molar refractivity (Wildman–Crippen MR) is 55.9 cm³/mol. The van der Waals surface area contributed by atoms with Crippen LogP contribution in [0.2, 0.25) is 0 Å². The molecule has 0 radical (unpaired) electrons. The molecule has 1 aromatic heterocycles. The summed E-state index contributed by atoms with van der Waals surface area (Å²) in [5.41, 5.74) is -0.0665. The number of anilines is 1. The van der Waals surface area contributed by atoms with Crippen molar-refractivity contribution in [3.63, 3.8) is 0 Å². The maximum atomic E-state index is 10.4. The summed E-state index contributed by atoms with van der Waals surface area (Å²) in [4.78, 5) is 13.7. The molecule has 0 aromatic carbocycles. The number of nitro groups is 1. The second-order valence-electron chi connectivity index (χ2n) is 2.34. The van der Waals surface area contributed by atoms with E-state index < -0.39 is 4.92 Å². The third kappa shape index (κ3) is 2.44. The number of nitrogens with one attached hydrogen (secondary N) is 1. The van der Waals surface area contributed by atoms with Crippen LogP contribution in [0.1, 0.15) is 0 Å². The Hall–Kier alpha value is -1.61. The number of aromatic nitrogens is 1. The first kappa shape index (κ1) is 10.5. The van der Waals surface area contributed by atoms with Crippen LogP contribution in [-0.4, -0.2) is 16.5 Å². The Labute approximate surface area is 88.8 Å². The van der Waals surface area contributed by atoms with Crippen LogP contribution in [0.5, 0.6) is 0 Å². The smallest absolute Gasteiger partial charge is 0.288 e. The van der Waals surface area contributed by atoms with Gasteiger partial charge in [-0.1, -0.05) is 5.92 Å². The van der Waals surface area contributed by atoms with Gasteiger partial charge in [0.25, 0.3) is 5.69 Å². The Kier molecular flexibility index (Phi) is 3.42. The second kappa shape index (κ2) is 4.58. The average molecular weight is 256 g/mol. The standard InChI is InChI=1S/C8H6BrN3O2/c1-2-3-10-8-7(9)4-6(5-11-8)12(13)14/h1,4-5H,3H2,(H,10,11). The minimum Gasteiger partial charge on any atom is -0.358 e. The summed E-state index contributed by atoms with van der Waals surface area (Å²) in [5, 5.41) is 13.2. The second-order valence-corrected chi connectivity index (χ2v) is 3.19. The Balaban J connectivity index is 2.91. The third-order valence-electron chi connectivity index (χ3n) is 1.40. The number of halogens is 1. The molecule has 5 nitrogen and oxygen atoms in total. The van der Waals surface area contributed by atoms with Crippen molar-refractivity contribution in [3.05, 3.63) is 26.9 Å². The van der Waals surface area contributed by atoms with Gasteiger partial charge in [-0.25, -0.2) is 4.98 Å². The quantitative estimate of drug-likeness (QED) is 0.508. The molecular weight excluding hydrogens is 250 g/mol. The highest BCUT2D eigenvalue weighted by atomic mass is 79.9. The lowest BCUT2D eigenvalue weighted by Gasteiger charge is -2.02. The molecule has 0 fully saturated rings. The van der Waals surface area contributed by atoms with E-state index >= 15 is 0 Å². The van der Waals surface area contributed by atoms with Gasteiger partial charge in [0.2, 0.25) is 0 Å². The maximum absolute atomic E-state index is 10.4. The van der Waals surface area contributed by atoms with E-state index in [-0.39, 0.29) is 5.69 Å². The normalized spacial score (nSPS) is 9.14. The van der Waals surface area contributed by atoms with Crippen molar-refractivity contribution < 1.29 is 4.92 Å². The number of hydrogen-bond donors (Lipinski definition) is 1. The average Bonchev–Trinajstić information content (AvgIpc) is 2.15. The Morgan fingerprint density at radius 2 is 2.50 bits per heavy atom. The van der Waals surface area contributed by atoms with Crippen molar-refractivity contribution in [1.29, 1.82) is 0 Å². The lowest BCUT2D eigenvalue weighted by molar-refractivity contribution is -0.385. The van der Waals surface area contributed by atoms with Crippen molar-refractivity contribution in [2.45, 2.75) is 0 Å². The van der Waals surface area contributed by atoms with Gasteiger partial charge in [-0.15, -0.1) is 6.42 Å². The van der Waals surface area contributed by atoms with Crippen molar-refractivity contribution >= 4 is 27.4 Å². The fourth-order valence-corrected chi connectivity index (χ4v) is 1.27. The van der Waals surface area contributed by atoms with E-state index in [1.54, 1.807) is 0 Å². The SMILES string of the molecule is C#CCNc1ncc([N+](=O)[O-])cc1Br. The van der Waals surface area contributed by atoms with Crippen LogP contribution in [0.4, 0.5) is 11.5 Å². The summed E-state index contributed by atoms with van der Waals surface area (Å²) in [5.74, 6) is 2.87. The van der Waals surface area contributed by atoms with Crippen LogP contribution >= 0.6 is 15.9 Å². The Morgan fingerprint density at radius 1 is 1.79 bits per heavy atom. The van der Waals surface area contributed by atoms with E-state index in [1.807, 2.05) is 0 Å². The molecule has 6 heteroatoms. The van der Waals surface area contributed by atoms with Crippen molar-refractivity contribution in [3.8, 4) is 12.3 Å². The summed E-state index contributed by atoms with van der Waals surface area (Å²) in [6.07, 6.45) is 6.21. The van der Waals surface area contributed by atoms with Gasteiger partial charge in [-0.3, -0.25) is 10.1 Å². The molecule has 0 aliphatic rings. The minimum absolute atomic E-state index is 0.0665. The third-order valence-corrected chi connectivity index (χ3v) is 2.00. The van der Waals surface area contributed by atoms with Gasteiger partial charge in [0.05, 0.1) is 15.9 Å². The summed E-state index contributed by atoms with van der Waals surface area (Å²) in [6, 6.07) is 1.37. The topological polar surface area (TPSA) is 68.1 Å². The van der Waals surface area contributed by atoms with E-state index in [1.165, 1.54) is 12.3 Å². The van der Waals surface area contributed by atoms with Crippen LogP contribution < -0.4 is 5.32 Å². The summed E-state index contributed by atoms with van der Waals surface area (Å²) < 4.78 is 0.516. The molecule has 72 valence electrons. The first-order valence-electron chi connectivity index (χ1n) is 3.62. The van der Waals surface area contributed by atoms with Gasteiger partial charge in [-0.2, -0.15) is 0 Å². The van der Waals surface area contributed by atoms with Gasteiger partial charge < -0.3 is 5.32 Å². The molecule has 0 saturated heterocycles. The van der Waals surface area contributed by atoms with Gasteiger partial charge in [0, 0.05) is 6.07 Å². The number of nitrogens with zero attached hydrogens (tertiary/aromatic N) is 2. The highest BCUT2D eigenvalue weighted by molar-refractivity contribution is 9.10. The number of pyridine rings is 1.